The first kappa shape index (κ1) is 16.2. The Kier molecular flexibility index (Phi) is 4.65. The van der Waals surface area contributed by atoms with E-state index in [1.54, 1.807) is 24.3 Å². The number of rotatable bonds is 4. The molecule has 2 aromatic rings. The van der Waals surface area contributed by atoms with Gasteiger partial charge in [-0.15, -0.1) is 0 Å². The molecule has 1 heterocycles. The van der Waals surface area contributed by atoms with E-state index in [0.29, 0.717) is 5.92 Å². The van der Waals surface area contributed by atoms with Gasteiger partial charge in [-0.05, 0) is 42.2 Å². The number of benzene rings is 2. The highest BCUT2D eigenvalue weighted by molar-refractivity contribution is 5.88. The third-order valence-electron chi connectivity index (χ3n) is 4.70. The molecule has 0 radical (unpaired) electrons. The molecule has 0 spiro atoms. The number of likely N-dealkylation sites (tertiary alicyclic amines) is 1. The minimum Gasteiger partial charge on any atom is -0.478 e. The minimum absolute atomic E-state index is 0.0635. The van der Waals surface area contributed by atoms with Crippen molar-refractivity contribution in [2.75, 3.05) is 13.1 Å². The van der Waals surface area contributed by atoms with Crippen LogP contribution in [0.2, 0.25) is 0 Å². The quantitative estimate of drug-likeness (QED) is 0.939. The molecule has 0 aromatic heterocycles. The molecule has 1 atom stereocenters. The van der Waals surface area contributed by atoms with Crippen molar-refractivity contribution in [3.05, 3.63) is 70.8 Å². The molecular formula is C20H21NO3. The van der Waals surface area contributed by atoms with Gasteiger partial charge in [0.05, 0.1) is 12.0 Å². The van der Waals surface area contributed by atoms with Crippen LogP contribution >= 0.6 is 0 Å². The molecule has 1 unspecified atom stereocenters. The maximum Gasteiger partial charge on any atom is 0.335 e. The molecule has 0 saturated carbocycles. The third-order valence-corrected chi connectivity index (χ3v) is 4.70. The maximum absolute atomic E-state index is 12.5. The summed E-state index contributed by atoms with van der Waals surface area (Å²) in [6.07, 6.45) is 1.23. The number of nitrogens with zero attached hydrogens (tertiary/aromatic N) is 1. The zero-order valence-corrected chi connectivity index (χ0v) is 13.7. The van der Waals surface area contributed by atoms with Crippen molar-refractivity contribution < 1.29 is 14.7 Å². The Balaban J connectivity index is 1.66. The highest BCUT2D eigenvalue weighted by Crippen LogP contribution is 2.29. The molecule has 124 valence electrons. The lowest BCUT2D eigenvalue weighted by Gasteiger charge is -2.18. The molecule has 24 heavy (non-hydrogen) atoms. The number of carboxylic acids is 1. The van der Waals surface area contributed by atoms with Gasteiger partial charge < -0.3 is 10.0 Å². The number of hydrogen-bond donors (Lipinski definition) is 1. The monoisotopic (exact) mass is 323 g/mol. The molecule has 1 amide bonds. The average molecular weight is 323 g/mol. The number of aryl methyl sites for hydroxylation is 1. The summed E-state index contributed by atoms with van der Waals surface area (Å²) in [5.74, 6) is -0.515. The Morgan fingerprint density at radius 1 is 1.17 bits per heavy atom. The van der Waals surface area contributed by atoms with Gasteiger partial charge in [0.2, 0.25) is 5.91 Å². The van der Waals surface area contributed by atoms with Crippen molar-refractivity contribution in [3.8, 4) is 0 Å². The van der Waals surface area contributed by atoms with Crippen molar-refractivity contribution in [3.63, 3.8) is 0 Å². The summed E-state index contributed by atoms with van der Waals surface area (Å²) < 4.78 is 0. The molecule has 1 fully saturated rings. The van der Waals surface area contributed by atoms with Gasteiger partial charge >= 0.3 is 5.97 Å². The SMILES string of the molecule is Cc1ccccc1C1CCN(C(=O)Cc2cccc(C(=O)O)c2)C1. The first-order valence-electron chi connectivity index (χ1n) is 8.20. The van der Waals surface area contributed by atoms with Gasteiger partial charge in [-0.2, -0.15) is 0 Å². The van der Waals surface area contributed by atoms with Crippen molar-refractivity contribution in [1.29, 1.82) is 0 Å². The van der Waals surface area contributed by atoms with Crippen molar-refractivity contribution >= 4 is 11.9 Å². The first-order chi connectivity index (χ1) is 11.5. The molecule has 4 nitrogen and oxygen atoms in total. The topological polar surface area (TPSA) is 57.6 Å². The second-order valence-corrected chi connectivity index (χ2v) is 6.36. The van der Waals surface area contributed by atoms with Crippen LogP contribution < -0.4 is 0 Å². The fourth-order valence-electron chi connectivity index (χ4n) is 3.39. The van der Waals surface area contributed by atoms with Crippen LogP contribution in [0.15, 0.2) is 48.5 Å². The van der Waals surface area contributed by atoms with Crippen molar-refractivity contribution in [2.45, 2.75) is 25.7 Å². The van der Waals surface area contributed by atoms with E-state index in [1.807, 2.05) is 17.0 Å². The lowest BCUT2D eigenvalue weighted by Crippen LogP contribution is -2.30. The van der Waals surface area contributed by atoms with Crippen molar-refractivity contribution in [1.82, 2.24) is 4.90 Å². The number of carbonyl (C=O) groups is 2. The number of hydrogen-bond acceptors (Lipinski definition) is 2. The van der Waals surface area contributed by atoms with Gasteiger partial charge in [-0.25, -0.2) is 4.79 Å². The van der Waals surface area contributed by atoms with Crippen LogP contribution in [-0.4, -0.2) is 35.0 Å². The fourth-order valence-corrected chi connectivity index (χ4v) is 3.39. The molecule has 1 aliphatic heterocycles. The second-order valence-electron chi connectivity index (χ2n) is 6.36. The van der Waals surface area contributed by atoms with Gasteiger partial charge in [0.25, 0.3) is 0 Å². The first-order valence-corrected chi connectivity index (χ1v) is 8.20. The summed E-state index contributed by atoms with van der Waals surface area (Å²) in [5.41, 5.74) is 3.56. The summed E-state index contributed by atoms with van der Waals surface area (Å²) in [7, 11) is 0. The molecule has 1 aliphatic rings. The predicted molar refractivity (Wildman–Crippen MR) is 92.2 cm³/mol. The summed E-state index contributed by atoms with van der Waals surface area (Å²) in [6.45, 7) is 3.61. The van der Waals surface area contributed by atoms with E-state index in [2.05, 4.69) is 19.1 Å². The summed E-state index contributed by atoms with van der Waals surface area (Å²) in [5, 5.41) is 9.05. The molecule has 3 rings (SSSR count). The van der Waals surface area contributed by atoms with E-state index in [-0.39, 0.29) is 17.9 Å². The highest BCUT2D eigenvalue weighted by atomic mass is 16.4. The smallest absolute Gasteiger partial charge is 0.335 e. The Morgan fingerprint density at radius 2 is 1.96 bits per heavy atom. The molecule has 4 heteroatoms. The van der Waals surface area contributed by atoms with Crippen LogP contribution in [-0.2, 0) is 11.2 Å². The number of aromatic carboxylic acids is 1. The van der Waals surface area contributed by atoms with Gasteiger partial charge in [0.15, 0.2) is 0 Å². The van der Waals surface area contributed by atoms with Crippen molar-refractivity contribution in [2.24, 2.45) is 0 Å². The number of carbonyl (C=O) groups excluding carboxylic acids is 1. The highest BCUT2D eigenvalue weighted by Gasteiger charge is 2.27. The van der Waals surface area contributed by atoms with E-state index in [0.717, 1.165) is 25.1 Å². The van der Waals surface area contributed by atoms with Gasteiger partial charge in [-0.1, -0.05) is 36.4 Å². The largest absolute Gasteiger partial charge is 0.478 e. The van der Waals surface area contributed by atoms with Crippen LogP contribution in [0.25, 0.3) is 0 Å². The Morgan fingerprint density at radius 3 is 2.71 bits per heavy atom. The molecule has 2 aromatic carbocycles. The maximum atomic E-state index is 12.5. The second kappa shape index (κ2) is 6.87. The zero-order chi connectivity index (χ0) is 17.1. The van der Waals surface area contributed by atoms with Crippen LogP contribution in [0.3, 0.4) is 0 Å². The lowest BCUT2D eigenvalue weighted by atomic mass is 9.94. The minimum atomic E-state index is -0.968. The molecule has 0 aliphatic carbocycles. The van der Waals surface area contributed by atoms with Gasteiger partial charge in [0, 0.05) is 19.0 Å². The molecular weight excluding hydrogens is 302 g/mol. The van der Waals surface area contributed by atoms with Crippen LogP contribution in [0.4, 0.5) is 0 Å². The summed E-state index contributed by atoms with van der Waals surface area (Å²) in [6, 6.07) is 14.9. The number of carboxylic acid groups (broad SMARTS) is 1. The molecule has 0 bridgehead atoms. The molecule has 1 N–H and O–H groups in total. The van der Waals surface area contributed by atoms with E-state index in [1.165, 1.54) is 11.1 Å². The summed E-state index contributed by atoms with van der Waals surface area (Å²) in [4.78, 5) is 25.5. The van der Waals surface area contributed by atoms with E-state index < -0.39 is 5.97 Å². The Labute approximate surface area is 141 Å². The third kappa shape index (κ3) is 3.48. The van der Waals surface area contributed by atoms with Crippen LogP contribution in [0.1, 0.15) is 39.4 Å². The fraction of sp³-hybridized carbons (Fsp3) is 0.300. The van der Waals surface area contributed by atoms with Crippen LogP contribution in [0, 0.1) is 6.92 Å². The normalized spacial score (nSPS) is 17.0. The predicted octanol–water partition coefficient (Wildman–Crippen LogP) is 3.25. The summed E-state index contributed by atoms with van der Waals surface area (Å²) >= 11 is 0. The lowest BCUT2D eigenvalue weighted by molar-refractivity contribution is -0.129. The average Bonchev–Trinajstić information content (AvgIpc) is 3.05. The van der Waals surface area contributed by atoms with Gasteiger partial charge in [0.1, 0.15) is 0 Å². The van der Waals surface area contributed by atoms with E-state index >= 15 is 0 Å². The Hall–Kier alpha value is -2.62. The zero-order valence-electron chi connectivity index (χ0n) is 13.7. The van der Waals surface area contributed by atoms with Gasteiger partial charge in [-0.3, -0.25) is 4.79 Å². The van der Waals surface area contributed by atoms with E-state index in [9.17, 15) is 9.59 Å². The standard InChI is InChI=1S/C20H21NO3/c1-14-5-2-3-8-18(14)17-9-10-21(13-17)19(22)12-15-6-4-7-16(11-15)20(23)24/h2-8,11,17H,9-10,12-13H2,1H3,(H,23,24). The van der Waals surface area contributed by atoms with Crippen LogP contribution in [0.5, 0.6) is 0 Å². The molecule has 1 saturated heterocycles. The van der Waals surface area contributed by atoms with E-state index in [4.69, 9.17) is 5.11 Å². The Bertz CT molecular complexity index is 769. The number of amides is 1.